The fraction of sp³-hybridized carbons (Fsp3) is 0.857. The summed E-state index contributed by atoms with van der Waals surface area (Å²) >= 11 is 0. The highest BCUT2D eigenvalue weighted by Crippen LogP contribution is 2.20. The first-order valence-corrected chi connectivity index (χ1v) is 7.05. The zero-order valence-electron chi connectivity index (χ0n) is 11.8. The second kappa shape index (κ2) is 7.39. The normalized spacial score (nSPS) is 20.0. The number of ether oxygens (including phenoxy) is 1. The second-order valence-corrected chi connectivity index (χ2v) is 5.22. The van der Waals surface area contributed by atoms with E-state index in [4.69, 9.17) is 4.74 Å². The molecule has 0 unspecified atom stereocenters. The van der Waals surface area contributed by atoms with E-state index in [-0.39, 0.29) is 23.8 Å². The minimum atomic E-state index is -0.356. The van der Waals surface area contributed by atoms with E-state index < -0.39 is 0 Å². The molecule has 104 valence electrons. The molecule has 1 heterocycles. The fourth-order valence-electron chi connectivity index (χ4n) is 2.19. The Kier molecular flexibility index (Phi) is 6.16. The first kappa shape index (κ1) is 15.0. The van der Waals surface area contributed by atoms with Crippen LogP contribution in [0, 0.1) is 5.92 Å². The third-order valence-corrected chi connectivity index (χ3v) is 3.29. The molecule has 1 rings (SSSR count). The third-order valence-electron chi connectivity index (χ3n) is 3.29. The number of hydrogen-bond donors (Lipinski definition) is 0. The Morgan fingerprint density at radius 3 is 2.67 bits per heavy atom. The number of hydrogen-bond acceptors (Lipinski definition) is 3. The molecular weight excluding hydrogens is 230 g/mol. The molecule has 1 fully saturated rings. The van der Waals surface area contributed by atoms with Gasteiger partial charge >= 0.3 is 5.97 Å². The van der Waals surface area contributed by atoms with Crippen molar-refractivity contribution in [2.75, 3.05) is 13.2 Å². The van der Waals surface area contributed by atoms with Gasteiger partial charge in [0.05, 0.1) is 6.61 Å². The minimum Gasteiger partial charge on any atom is -0.464 e. The smallest absolute Gasteiger partial charge is 0.328 e. The Bertz CT molecular complexity index is 289. The Balaban J connectivity index is 2.58. The number of amides is 1. The highest BCUT2D eigenvalue weighted by atomic mass is 16.5. The first-order valence-electron chi connectivity index (χ1n) is 7.05. The molecule has 0 aromatic heterocycles. The van der Waals surface area contributed by atoms with Crippen LogP contribution in [-0.4, -0.2) is 36.0 Å². The van der Waals surface area contributed by atoms with Crippen molar-refractivity contribution in [1.82, 2.24) is 4.90 Å². The molecule has 1 aliphatic heterocycles. The molecule has 0 spiro atoms. The van der Waals surface area contributed by atoms with Crippen molar-refractivity contribution >= 4 is 11.9 Å². The molecule has 4 heteroatoms. The van der Waals surface area contributed by atoms with Gasteiger partial charge in [0, 0.05) is 12.5 Å². The molecule has 0 radical (unpaired) electrons. The van der Waals surface area contributed by atoms with Crippen LogP contribution in [0.25, 0.3) is 0 Å². The van der Waals surface area contributed by atoms with Crippen molar-refractivity contribution in [2.24, 2.45) is 5.92 Å². The summed E-state index contributed by atoms with van der Waals surface area (Å²) < 4.78 is 5.25. The van der Waals surface area contributed by atoms with Crippen molar-refractivity contribution in [1.29, 1.82) is 0 Å². The summed E-state index contributed by atoms with van der Waals surface area (Å²) in [6.45, 7) is 6.95. The maximum atomic E-state index is 12.1. The lowest BCUT2D eigenvalue weighted by molar-refractivity contribution is -0.158. The van der Waals surface area contributed by atoms with Crippen LogP contribution < -0.4 is 0 Å². The zero-order valence-corrected chi connectivity index (χ0v) is 11.8. The quantitative estimate of drug-likeness (QED) is 0.559. The topological polar surface area (TPSA) is 46.6 Å². The predicted molar refractivity (Wildman–Crippen MR) is 70.1 cm³/mol. The van der Waals surface area contributed by atoms with Gasteiger partial charge in [-0.2, -0.15) is 0 Å². The van der Waals surface area contributed by atoms with E-state index in [1.54, 1.807) is 4.90 Å². The molecule has 0 aromatic carbocycles. The SMILES string of the molecule is CCCCOC(=O)[C@@H]1CCCCN1C(=O)C(C)C. The molecule has 1 atom stereocenters. The van der Waals surface area contributed by atoms with Crippen LogP contribution in [0.2, 0.25) is 0 Å². The molecule has 4 nitrogen and oxygen atoms in total. The number of esters is 1. The van der Waals surface area contributed by atoms with Gasteiger partial charge in [0.25, 0.3) is 0 Å². The summed E-state index contributed by atoms with van der Waals surface area (Å²) in [6.07, 6.45) is 4.61. The average Bonchev–Trinajstić information content (AvgIpc) is 2.38. The van der Waals surface area contributed by atoms with Crippen LogP contribution in [0.15, 0.2) is 0 Å². The van der Waals surface area contributed by atoms with E-state index in [1.807, 2.05) is 13.8 Å². The molecule has 0 bridgehead atoms. The molecule has 18 heavy (non-hydrogen) atoms. The molecule has 1 amide bonds. The van der Waals surface area contributed by atoms with Gasteiger partial charge in [0.15, 0.2) is 0 Å². The van der Waals surface area contributed by atoms with Crippen molar-refractivity contribution < 1.29 is 14.3 Å². The van der Waals surface area contributed by atoms with E-state index in [9.17, 15) is 9.59 Å². The lowest BCUT2D eigenvalue weighted by atomic mass is 10.00. The van der Waals surface area contributed by atoms with E-state index in [2.05, 4.69) is 6.92 Å². The summed E-state index contributed by atoms with van der Waals surface area (Å²) in [6, 6.07) is -0.356. The maximum absolute atomic E-state index is 12.1. The van der Waals surface area contributed by atoms with Gasteiger partial charge < -0.3 is 9.64 Å². The van der Waals surface area contributed by atoms with Gasteiger partial charge in [-0.15, -0.1) is 0 Å². The van der Waals surface area contributed by atoms with Crippen LogP contribution in [0.4, 0.5) is 0 Å². The van der Waals surface area contributed by atoms with Gasteiger partial charge in [0.1, 0.15) is 6.04 Å². The largest absolute Gasteiger partial charge is 0.464 e. The maximum Gasteiger partial charge on any atom is 0.328 e. The monoisotopic (exact) mass is 255 g/mol. The minimum absolute atomic E-state index is 0.0611. The molecule has 0 aliphatic carbocycles. The van der Waals surface area contributed by atoms with Crippen molar-refractivity contribution in [3.8, 4) is 0 Å². The Hall–Kier alpha value is -1.06. The lowest BCUT2D eigenvalue weighted by Gasteiger charge is -2.35. The Morgan fingerprint density at radius 1 is 1.33 bits per heavy atom. The number of carbonyl (C=O) groups is 2. The number of piperidine rings is 1. The summed E-state index contributed by atoms with van der Waals surface area (Å²) in [7, 11) is 0. The molecule has 1 aliphatic rings. The van der Waals surface area contributed by atoms with E-state index in [0.29, 0.717) is 13.2 Å². The van der Waals surface area contributed by atoms with Crippen LogP contribution >= 0.6 is 0 Å². The highest BCUT2D eigenvalue weighted by Gasteiger charge is 2.33. The van der Waals surface area contributed by atoms with Crippen LogP contribution in [0.1, 0.15) is 52.9 Å². The third kappa shape index (κ3) is 4.00. The van der Waals surface area contributed by atoms with Gasteiger partial charge in [-0.05, 0) is 25.7 Å². The van der Waals surface area contributed by atoms with Gasteiger partial charge in [0.2, 0.25) is 5.91 Å². The zero-order chi connectivity index (χ0) is 13.5. The highest BCUT2D eigenvalue weighted by molar-refractivity contribution is 5.85. The van der Waals surface area contributed by atoms with Gasteiger partial charge in [-0.1, -0.05) is 27.2 Å². The van der Waals surface area contributed by atoms with Crippen molar-refractivity contribution in [3.05, 3.63) is 0 Å². The first-order chi connectivity index (χ1) is 8.57. The van der Waals surface area contributed by atoms with E-state index in [1.165, 1.54) is 0 Å². The average molecular weight is 255 g/mol. The Morgan fingerprint density at radius 2 is 2.06 bits per heavy atom. The molecule has 1 saturated heterocycles. The van der Waals surface area contributed by atoms with Crippen LogP contribution in [0.5, 0.6) is 0 Å². The van der Waals surface area contributed by atoms with Crippen molar-refractivity contribution in [2.45, 2.75) is 58.9 Å². The number of nitrogens with zero attached hydrogens (tertiary/aromatic N) is 1. The van der Waals surface area contributed by atoms with E-state index in [0.717, 1.165) is 32.1 Å². The number of rotatable bonds is 5. The van der Waals surface area contributed by atoms with E-state index >= 15 is 0 Å². The second-order valence-electron chi connectivity index (χ2n) is 5.22. The number of unbranched alkanes of at least 4 members (excludes halogenated alkanes) is 1. The van der Waals surface area contributed by atoms with Gasteiger partial charge in [-0.25, -0.2) is 4.79 Å². The predicted octanol–water partition coefficient (Wildman–Crippen LogP) is 2.37. The summed E-state index contributed by atoms with van der Waals surface area (Å²) in [5.74, 6) is -0.224. The van der Waals surface area contributed by atoms with Crippen LogP contribution in [0.3, 0.4) is 0 Å². The Labute approximate surface area is 110 Å². The summed E-state index contributed by atoms with van der Waals surface area (Å²) in [5, 5.41) is 0. The fourth-order valence-corrected chi connectivity index (χ4v) is 2.19. The number of likely N-dealkylation sites (tertiary alicyclic amines) is 1. The standard InChI is InChI=1S/C14H25NO3/c1-4-5-10-18-14(17)12-8-6-7-9-15(12)13(16)11(2)3/h11-12H,4-10H2,1-3H3/t12-/m0/s1. The molecule has 0 saturated carbocycles. The molecule has 0 N–H and O–H groups in total. The van der Waals surface area contributed by atoms with Crippen molar-refractivity contribution in [3.63, 3.8) is 0 Å². The molecular formula is C14H25NO3. The lowest BCUT2D eigenvalue weighted by Crippen LogP contribution is -2.50. The summed E-state index contributed by atoms with van der Waals surface area (Å²) in [4.78, 5) is 25.8. The summed E-state index contributed by atoms with van der Waals surface area (Å²) in [5.41, 5.74) is 0. The van der Waals surface area contributed by atoms with Crippen LogP contribution in [-0.2, 0) is 14.3 Å². The number of carbonyl (C=O) groups excluding carboxylic acids is 2. The molecule has 0 aromatic rings. The van der Waals surface area contributed by atoms with Gasteiger partial charge in [-0.3, -0.25) is 4.79 Å².